The van der Waals surface area contributed by atoms with Crippen LogP contribution in [0.3, 0.4) is 0 Å². The average molecular weight is 835 g/mol. The third-order valence-electron chi connectivity index (χ3n) is 11.9. The first-order chi connectivity index (χ1) is 26.0. The second-order valence-electron chi connectivity index (χ2n) is 20.6. The van der Waals surface area contributed by atoms with Crippen LogP contribution in [-0.2, 0) is 37.1 Å². The summed E-state index contributed by atoms with van der Waals surface area (Å²) in [5.41, 5.74) is 2.02. The fraction of sp³-hybridized carbons (Fsp3) is 0.783. The Kier molecular flexibility index (Phi) is 18.5. The lowest BCUT2D eigenvalue weighted by atomic mass is 9.81. The number of carbonyl (C=O) groups excluding carboxylic acids is 2. The molecule has 0 aromatic heterocycles. The van der Waals surface area contributed by atoms with Crippen molar-refractivity contribution in [2.45, 2.75) is 183 Å². The molecule has 2 aliphatic rings. The quantitative estimate of drug-likeness (QED) is 0.161. The molecule has 2 aliphatic heterocycles. The predicted molar refractivity (Wildman–Crippen MR) is 236 cm³/mol. The van der Waals surface area contributed by atoms with E-state index in [-0.39, 0.29) is 70.0 Å². The molecule has 0 aliphatic carbocycles. The minimum absolute atomic E-state index is 0.0132. The standard InChI is InChI=1S/C46H82O9Si2/c1-28(2)41-34(8)38(53-57(55-41,45(10,11)12)46(13,14)15)27-36(47)33(7)40(48)35(9)43-37(50-16)23-21-22-29(3)24-31(5)42(54-56(18,19)20)32(6)25-30(4)26-39(51-17)44(49)52-43/h21-23,25-26,28,31-35,37-38,40-43,48H,24,27H2,1-20H3/b23-21+,29-22+,30-25+,39-26-/t31-,32+,33+,34-,35-,37-,38+,40-,41+,42-,43+/m0/s1. The number of cyclic esters (lactones) is 1. The molecule has 1 saturated heterocycles. The Labute approximate surface area is 349 Å². The van der Waals surface area contributed by atoms with E-state index < -0.39 is 53.0 Å². The van der Waals surface area contributed by atoms with Crippen LogP contribution in [0, 0.1) is 35.5 Å². The van der Waals surface area contributed by atoms with E-state index in [0.29, 0.717) is 0 Å². The van der Waals surface area contributed by atoms with Gasteiger partial charge in [-0.15, -0.1) is 0 Å². The van der Waals surface area contributed by atoms with Crippen molar-refractivity contribution in [1.82, 2.24) is 0 Å². The van der Waals surface area contributed by atoms with Gasteiger partial charge in [0.2, 0.25) is 5.76 Å². The first kappa shape index (κ1) is 51.3. The predicted octanol–water partition coefficient (Wildman–Crippen LogP) is 10.5. The molecule has 11 heteroatoms. The minimum atomic E-state index is -2.92. The zero-order valence-electron chi connectivity index (χ0n) is 39.4. The fourth-order valence-electron chi connectivity index (χ4n) is 9.00. The SMILES string of the molecule is CO/C1=C\C(C)=C\[C@@H](C)[C@@H](O[Si](C)(C)C)[C@@H](C)C/C(C)=C/C=C/[C@H](OC)[C@@H]([C@@H](C)[C@@H](O)[C@H](C)C(=O)C[C@H]2O[Si](C(C)(C)C)(C(C)(C)C)O[C@H](C(C)C)[C@H]2C)OC1=O. The molecule has 0 radical (unpaired) electrons. The van der Waals surface area contributed by atoms with Crippen molar-refractivity contribution in [1.29, 1.82) is 0 Å². The molecule has 0 saturated carbocycles. The molecule has 0 spiro atoms. The van der Waals surface area contributed by atoms with Gasteiger partial charge in [-0.3, -0.25) is 4.79 Å². The van der Waals surface area contributed by atoms with Crippen LogP contribution in [0.4, 0.5) is 0 Å². The number of esters is 1. The van der Waals surface area contributed by atoms with Gasteiger partial charge in [0, 0.05) is 41.4 Å². The van der Waals surface area contributed by atoms with Gasteiger partial charge in [-0.05, 0) is 63.7 Å². The maximum Gasteiger partial charge on any atom is 0.373 e. The molecule has 2 rings (SSSR count). The second-order valence-corrected chi connectivity index (χ2v) is 29.8. The number of aliphatic hydroxyl groups is 1. The molecule has 0 amide bonds. The van der Waals surface area contributed by atoms with Gasteiger partial charge < -0.3 is 32.6 Å². The maximum atomic E-state index is 14.3. The van der Waals surface area contributed by atoms with E-state index in [4.69, 9.17) is 27.5 Å². The van der Waals surface area contributed by atoms with Crippen LogP contribution in [0.2, 0.25) is 29.7 Å². The lowest BCUT2D eigenvalue weighted by Crippen LogP contribution is -2.66. The first-order valence-electron chi connectivity index (χ1n) is 21.3. The number of hydrogen-bond acceptors (Lipinski definition) is 9. The lowest BCUT2D eigenvalue weighted by Gasteiger charge is -2.57. The van der Waals surface area contributed by atoms with Gasteiger partial charge in [0.1, 0.15) is 18.0 Å². The molecule has 1 N–H and O–H groups in total. The highest BCUT2D eigenvalue weighted by Gasteiger charge is 2.63. The van der Waals surface area contributed by atoms with Crippen molar-refractivity contribution in [3.05, 3.63) is 47.3 Å². The summed E-state index contributed by atoms with van der Waals surface area (Å²) in [5, 5.41) is 11.5. The molecular weight excluding hydrogens is 753 g/mol. The van der Waals surface area contributed by atoms with Gasteiger partial charge in [-0.1, -0.05) is 125 Å². The van der Waals surface area contributed by atoms with Crippen LogP contribution in [-0.4, -0.2) is 84.6 Å². The Morgan fingerprint density at radius 3 is 2.04 bits per heavy atom. The van der Waals surface area contributed by atoms with Gasteiger partial charge in [-0.25, -0.2) is 4.79 Å². The number of methoxy groups -OCH3 is 2. The van der Waals surface area contributed by atoms with E-state index in [9.17, 15) is 14.7 Å². The number of aliphatic hydroxyl groups excluding tert-OH is 1. The molecule has 9 nitrogen and oxygen atoms in total. The monoisotopic (exact) mass is 835 g/mol. The number of ketones is 1. The Bertz CT molecular complexity index is 1450. The molecule has 0 bridgehead atoms. The summed E-state index contributed by atoms with van der Waals surface area (Å²) in [7, 11) is -1.80. The highest BCUT2D eigenvalue weighted by atomic mass is 28.4. The van der Waals surface area contributed by atoms with Crippen molar-refractivity contribution in [2.75, 3.05) is 14.2 Å². The van der Waals surface area contributed by atoms with E-state index in [2.05, 4.69) is 115 Å². The topological polar surface area (TPSA) is 110 Å². The van der Waals surface area contributed by atoms with Crippen molar-refractivity contribution < 1.29 is 42.2 Å². The van der Waals surface area contributed by atoms with Crippen molar-refractivity contribution in [2.24, 2.45) is 35.5 Å². The molecule has 11 atom stereocenters. The molecule has 0 aromatic rings. The number of rotatable bonds is 11. The smallest absolute Gasteiger partial charge is 0.373 e. The summed E-state index contributed by atoms with van der Waals surface area (Å²) in [6.45, 7) is 38.1. The average Bonchev–Trinajstić information content (AvgIpc) is 3.08. The molecule has 328 valence electrons. The summed E-state index contributed by atoms with van der Waals surface area (Å²) >= 11 is 0. The zero-order chi connectivity index (χ0) is 44.0. The summed E-state index contributed by atoms with van der Waals surface area (Å²) in [6, 6.07) is 0. The Morgan fingerprint density at radius 1 is 0.965 bits per heavy atom. The van der Waals surface area contributed by atoms with Gasteiger partial charge >= 0.3 is 14.5 Å². The van der Waals surface area contributed by atoms with E-state index >= 15 is 0 Å². The second kappa shape index (κ2) is 20.6. The highest BCUT2D eigenvalue weighted by molar-refractivity contribution is 6.73. The molecule has 0 aromatic carbocycles. The fourth-order valence-corrected chi connectivity index (χ4v) is 15.6. The molecule has 1 fully saturated rings. The largest absolute Gasteiger partial charge is 0.490 e. The van der Waals surface area contributed by atoms with E-state index in [0.717, 1.165) is 12.0 Å². The van der Waals surface area contributed by atoms with Crippen LogP contribution in [0.25, 0.3) is 0 Å². The Hall–Kier alpha value is -1.87. The molecule has 57 heavy (non-hydrogen) atoms. The summed E-state index contributed by atoms with van der Waals surface area (Å²) in [4.78, 5) is 28.2. The highest BCUT2D eigenvalue weighted by Crippen LogP contribution is 2.56. The Balaban J connectivity index is 2.55. The van der Waals surface area contributed by atoms with E-state index in [1.807, 2.05) is 19.1 Å². The molecule has 2 heterocycles. The number of allylic oxidation sites excluding steroid dienone is 5. The zero-order valence-corrected chi connectivity index (χ0v) is 41.4. The molecular formula is C46H82O9Si2. The lowest BCUT2D eigenvalue weighted by molar-refractivity contribution is -0.162. The van der Waals surface area contributed by atoms with Crippen LogP contribution < -0.4 is 0 Å². The number of hydrogen-bond donors (Lipinski definition) is 1. The number of Topliss-reactive ketones (excluding diaryl/α,β-unsaturated/α-hetero) is 1. The summed E-state index contributed by atoms with van der Waals surface area (Å²) in [6.07, 6.45) is 7.31. The first-order valence-corrected chi connectivity index (χ1v) is 26.5. The third-order valence-corrected chi connectivity index (χ3v) is 18.0. The minimum Gasteiger partial charge on any atom is -0.490 e. The third kappa shape index (κ3) is 13.3. The van der Waals surface area contributed by atoms with E-state index in [1.165, 1.54) is 12.7 Å². The van der Waals surface area contributed by atoms with Crippen LogP contribution >= 0.6 is 0 Å². The van der Waals surface area contributed by atoms with Crippen molar-refractivity contribution >= 4 is 28.6 Å². The van der Waals surface area contributed by atoms with Crippen molar-refractivity contribution in [3.8, 4) is 0 Å². The maximum absolute atomic E-state index is 14.3. The molecule has 0 unspecified atom stereocenters. The van der Waals surface area contributed by atoms with Crippen LogP contribution in [0.15, 0.2) is 47.3 Å². The van der Waals surface area contributed by atoms with Gasteiger partial charge in [-0.2, -0.15) is 0 Å². The normalized spacial score (nSPS) is 33.7. The van der Waals surface area contributed by atoms with Crippen LogP contribution in [0.5, 0.6) is 0 Å². The summed E-state index contributed by atoms with van der Waals surface area (Å²) in [5.74, 6) is -1.75. The Morgan fingerprint density at radius 2 is 1.54 bits per heavy atom. The van der Waals surface area contributed by atoms with Gasteiger partial charge in [0.15, 0.2) is 8.32 Å². The van der Waals surface area contributed by atoms with Gasteiger partial charge in [0.25, 0.3) is 0 Å². The van der Waals surface area contributed by atoms with Crippen molar-refractivity contribution in [3.63, 3.8) is 0 Å². The van der Waals surface area contributed by atoms with E-state index in [1.54, 1.807) is 27.0 Å². The van der Waals surface area contributed by atoms with Crippen LogP contribution in [0.1, 0.15) is 117 Å². The number of carbonyl (C=O) groups is 2. The number of ether oxygens (including phenoxy) is 3. The van der Waals surface area contributed by atoms with Gasteiger partial charge in [0.05, 0.1) is 31.5 Å². The summed E-state index contributed by atoms with van der Waals surface area (Å²) < 4.78 is 38.6.